The number of nitrogens with zero attached hydrogens (tertiary/aromatic N) is 2. The van der Waals surface area contributed by atoms with Gasteiger partial charge in [-0.2, -0.15) is 0 Å². The lowest BCUT2D eigenvalue weighted by molar-refractivity contribution is -0.384. The minimum absolute atomic E-state index is 0.0500. The Kier molecular flexibility index (Phi) is 4.67. The monoisotopic (exact) mass is 403 g/mol. The molecule has 3 aromatic rings. The molecule has 1 aromatic heterocycles. The quantitative estimate of drug-likeness (QED) is 0.307. The fourth-order valence-electron chi connectivity index (χ4n) is 3.14. The fourth-order valence-corrected chi connectivity index (χ4v) is 3.14. The van der Waals surface area contributed by atoms with Gasteiger partial charge in [-0.05, 0) is 49.8 Å². The number of rotatable bonds is 4. The van der Waals surface area contributed by atoms with Gasteiger partial charge in [-0.25, -0.2) is 5.01 Å². The summed E-state index contributed by atoms with van der Waals surface area (Å²) in [6.07, 6.45) is 1.36. The molecule has 0 bridgehead atoms. The number of benzene rings is 2. The second-order valence-electron chi connectivity index (χ2n) is 6.93. The van der Waals surface area contributed by atoms with Gasteiger partial charge in [0.15, 0.2) is 0 Å². The third-order valence-electron chi connectivity index (χ3n) is 4.79. The molecule has 0 spiro atoms. The van der Waals surface area contributed by atoms with Crippen molar-refractivity contribution >= 4 is 29.3 Å². The molecule has 0 aliphatic carbocycles. The Hall–Kier alpha value is -4.20. The Bertz CT molecular complexity index is 1210. The number of nitro benzene ring substituents is 1. The maximum absolute atomic E-state index is 12.7. The first kappa shape index (κ1) is 19.1. The molecule has 0 radical (unpaired) electrons. The number of anilines is 1. The highest BCUT2D eigenvalue weighted by atomic mass is 16.6. The molecule has 0 saturated carbocycles. The van der Waals surface area contributed by atoms with Crippen molar-refractivity contribution in [1.82, 2.24) is 5.43 Å². The molecular formula is C22H17N3O5. The van der Waals surface area contributed by atoms with Crippen molar-refractivity contribution in [3.63, 3.8) is 0 Å². The van der Waals surface area contributed by atoms with Crippen molar-refractivity contribution in [3.8, 4) is 11.3 Å². The molecule has 2 heterocycles. The first-order chi connectivity index (χ1) is 14.3. The number of carbonyl (C=O) groups excluding carboxylic acids is 2. The number of non-ortho nitro benzene ring substituents is 1. The lowest BCUT2D eigenvalue weighted by atomic mass is 10.1. The number of hydrazine groups is 1. The fraction of sp³-hybridized carbons (Fsp3) is 0.0909. The number of hydrogen-bond donors (Lipinski definition) is 1. The van der Waals surface area contributed by atoms with E-state index in [1.807, 2.05) is 26.0 Å². The summed E-state index contributed by atoms with van der Waals surface area (Å²) in [5.41, 5.74) is 5.38. The summed E-state index contributed by atoms with van der Waals surface area (Å²) in [5.74, 6) is -0.331. The predicted octanol–water partition coefficient (Wildman–Crippen LogP) is 3.93. The Morgan fingerprint density at radius 3 is 2.47 bits per heavy atom. The normalized spacial score (nSPS) is 15.0. The smallest absolute Gasteiger partial charge is 0.282 e. The average Bonchev–Trinajstić information content (AvgIpc) is 3.29. The summed E-state index contributed by atoms with van der Waals surface area (Å²) in [6.45, 7) is 3.74. The Morgan fingerprint density at radius 2 is 1.77 bits per heavy atom. The Balaban J connectivity index is 1.64. The van der Waals surface area contributed by atoms with E-state index in [4.69, 9.17) is 4.42 Å². The topological polar surface area (TPSA) is 106 Å². The van der Waals surface area contributed by atoms with Gasteiger partial charge >= 0.3 is 0 Å². The summed E-state index contributed by atoms with van der Waals surface area (Å²) in [7, 11) is 0. The first-order valence-electron chi connectivity index (χ1n) is 9.12. The zero-order chi connectivity index (χ0) is 21.4. The molecule has 8 nitrogen and oxygen atoms in total. The van der Waals surface area contributed by atoms with Gasteiger partial charge in [-0.3, -0.25) is 25.1 Å². The van der Waals surface area contributed by atoms with E-state index in [0.717, 1.165) is 11.1 Å². The molecule has 1 aliphatic heterocycles. The summed E-state index contributed by atoms with van der Waals surface area (Å²) < 4.78 is 5.75. The van der Waals surface area contributed by atoms with E-state index in [1.54, 1.807) is 30.3 Å². The van der Waals surface area contributed by atoms with Gasteiger partial charge in [0.1, 0.15) is 17.1 Å². The molecule has 30 heavy (non-hydrogen) atoms. The van der Waals surface area contributed by atoms with Crippen molar-refractivity contribution in [3.05, 3.63) is 87.2 Å². The van der Waals surface area contributed by atoms with Crippen LogP contribution in [-0.2, 0) is 9.59 Å². The van der Waals surface area contributed by atoms with Crippen molar-refractivity contribution in [2.24, 2.45) is 0 Å². The zero-order valence-corrected chi connectivity index (χ0v) is 16.2. The van der Waals surface area contributed by atoms with Crippen LogP contribution in [0.3, 0.4) is 0 Å². The minimum Gasteiger partial charge on any atom is -0.457 e. The van der Waals surface area contributed by atoms with E-state index >= 15 is 0 Å². The van der Waals surface area contributed by atoms with Gasteiger partial charge in [-0.15, -0.1) is 0 Å². The Morgan fingerprint density at radius 1 is 1.03 bits per heavy atom. The van der Waals surface area contributed by atoms with Gasteiger partial charge in [0, 0.05) is 17.7 Å². The molecule has 1 fully saturated rings. The lowest BCUT2D eigenvalue weighted by Crippen LogP contribution is -2.35. The van der Waals surface area contributed by atoms with Gasteiger partial charge in [-0.1, -0.05) is 23.8 Å². The molecule has 2 amide bonds. The predicted molar refractivity (Wildman–Crippen MR) is 110 cm³/mol. The lowest BCUT2D eigenvalue weighted by Gasteiger charge is -2.14. The SMILES string of the molecule is Cc1ccc(N2NC(=O)/C(=C/c3ccc(-c4cc([N+](=O)[O-])ccc4C)o3)C2=O)cc1. The van der Waals surface area contributed by atoms with E-state index in [1.165, 1.54) is 23.2 Å². The summed E-state index contributed by atoms with van der Waals surface area (Å²) in [5, 5.41) is 12.2. The summed E-state index contributed by atoms with van der Waals surface area (Å²) in [6, 6.07) is 14.9. The molecule has 1 aliphatic rings. The highest BCUT2D eigenvalue weighted by molar-refractivity contribution is 6.31. The van der Waals surface area contributed by atoms with E-state index in [2.05, 4.69) is 5.43 Å². The zero-order valence-electron chi connectivity index (χ0n) is 16.2. The third kappa shape index (κ3) is 3.46. The van der Waals surface area contributed by atoms with Crippen LogP contribution in [0.25, 0.3) is 17.4 Å². The van der Waals surface area contributed by atoms with Crippen LogP contribution in [0.1, 0.15) is 16.9 Å². The largest absolute Gasteiger partial charge is 0.457 e. The van der Waals surface area contributed by atoms with Gasteiger partial charge < -0.3 is 4.42 Å². The molecular weight excluding hydrogens is 386 g/mol. The molecule has 4 rings (SSSR count). The van der Waals surface area contributed by atoms with Crippen LogP contribution in [0.5, 0.6) is 0 Å². The number of nitro groups is 1. The second kappa shape index (κ2) is 7.32. The summed E-state index contributed by atoms with van der Waals surface area (Å²) >= 11 is 0. The van der Waals surface area contributed by atoms with Gasteiger partial charge in [0.2, 0.25) is 0 Å². The number of amides is 2. The van der Waals surface area contributed by atoms with Crippen molar-refractivity contribution < 1.29 is 18.9 Å². The van der Waals surface area contributed by atoms with E-state index in [0.29, 0.717) is 22.8 Å². The van der Waals surface area contributed by atoms with Crippen molar-refractivity contribution in [2.75, 3.05) is 5.01 Å². The van der Waals surface area contributed by atoms with Gasteiger partial charge in [0.05, 0.1) is 10.6 Å². The maximum atomic E-state index is 12.7. The van der Waals surface area contributed by atoms with Crippen LogP contribution in [0.2, 0.25) is 0 Å². The van der Waals surface area contributed by atoms with Crippen molar-refractivity contribution in [1.29, 1.82) is 0 Å². The minimum atomic E-state index is -0.537. The van der Waals surface area contributed by atoms with Crippen LogP contribution in [0.4, 0.5) is 11.4 Å². The summed E-state index contributed by atoms with van der Waals surface area (Å²) in [4.78, 5) is 35.6. The number of furan rings is 1. The van der Waals surface area contributed by atoms with Gasteiger partial charge in [0.25, 0.3) is 17.5 Å². The third-order valence-corrected chi connectivity index (χ3v) is 4.79. The van der Waals surface area contributed by atoms with E-state index in [9.17, 15) is 19.7 Å². The standard InChI is InChI=1S/C22H17N3O5/c1-13-3-6-15(7-4-13)24-22(27)19(21(26)23-24)12-17-9-10-20(30-17)18-11-16(25(28)29)8-5-14(18)2/h3-12H,1-2H3,(H,23,26)/b19-12-. The van der Waals surface area contributed by atoms with Crippen molar-refractivity contribution in [2.45, 2.75) is 13.8 Å². The second-order valence-corrected chi connectivity index (χ2v) is 6.93. The molecule has 0 unspecified atom stereocenters. The Labute approximate surface area is 171 Å². The molecule has 150 valence electrons. The highest BCUT2D eigenvalue weighted by Crippen LogP contribution is 2.30. The van der Waals surface area contributed by atoms with Crippen LogP contribution >= 0.6 is 0 Å². The van der Waals surface area contributed by atoms with E-state index < -0.39 is 16.7 Å². The molecule has 1 N–H and O–H groups in total. The highest BCUT2D eigenvalue weighted by Gasteiger charge is 2.34. The van der Waals surface area contributed by atoms with Crippen LogP contribution in [-0.4, -0.2) is 16.7 Å². The molecule has 0 atom stereocenters. The average molecular weight is 403 g/mol. The van der Waals surface area contributed by atoms with Crippen LogP contribution in [0, 0.1) is 24.0 Å². The molecule has 8 heteroatoms. The maximum Gasteiger partial charge on any atom is 0.282 e. The molecule has 2 aromatic carbocycles. The number of aryl methyl sites for hydroxylation is 2. The number of nitrogens with one attached hydrogen (secondary N) is 1. The van der Waals surface area contributed by atoms with Crippen LogP contribution in [0.15, 0.2) is 64.6 Å². The van der Waals surface area contributed by atoms with Crippen LogP contribution < -0.4 is 10.4 Å². The molecule has 1 saturated heterocycles. The first-order valence-corrected chi connectivity index (χ1v) is 9.12. The number of carbonyl (C=O) groups is 2. The van der Waals surface area contributed by atoms with E-state index in [-0.39, 0.29) is 11.3 Å². The number of hydrogen-bond acceptors (Lipinski definition) is 5.